The number of hydrogen-bond acceptors (Lipinski definition) is 4. The average molecular weight is 268 g/mol. The molecule has 0 N–H and O–H groups in total. The fourth-order valence-corrected chi connectivity index (χ4v) is 2.08. The van der Waals surface area contributed by atoms with Crippen molar-refractivity contribution in [2.45, 2.75) is 6.42 Å². The predicted molar refractivity (Wildman–Crippen MR) is 69.1 cm³/mol. The molecule has 0 aromatic heterocycles. The number of benzene rings is 2. The Kier molecular flexibility index (Phi) is 4.15. The maximum atomic E-state index is 10.9. The summed E-state index contributed by atoms with van der Waals surface area (Å²) in [5.41, 5.74) is 2.34. The molecule has 20 heavy (non-hydrogen) atoms. The standard InChI is InChI=1S/C16H14O4/c17-15(18)14(16(19)20)10-12-8-4-5-9-13(12)11-6-2-1-3-7-11/h1-9,14H,10H2,(H,17,18)(H,19,20)/p-2. The van der Waals surface area contributed by atoms with Crippen molar-refractivity contribution >= 4 is 11.9 Å². The van der Waals surface area contributed by atoms with Crippen LogP contribution in [0.2, 0.25) is 0 Å². The Hall–Kier alpha value is -2.62. The molecular formula is C16H12O4-2. The number of rotatable bonds is 5. The molecule has 0 aliphatic carbocycles. The van der Waals surface area contributed by atoms with Crippen LogP contribution >= 0.6 is 0 Å². The zero-order valence-corrected chi connectivity index (χ0v) is 10.6. The summed E-state index contributed by atoms with van der Waals surface area (Å²) < 4.78 is 0. The van der Waals surface area contributed by atoms with Crippen molar-refractivity contribution in [2.75, 3.05) is 0 Å². The first-order chi connectivity index (χ1) is 9.59. The van der Waals surface area contributed by atoms with Crippen molar-refractivity contribution in [1.82, 2.24) is 0 Å². The van der Waals surface area contributed by atoms with E-state index in [1.54, 1.807) is 12.1 Å². The van der Waals surface area contributed by atoms with Crippen molar-refractivity contribution in [1.29, 1.82) is 0 Å². The van der Waals surface area contributed by atoms with E-state index in [1.807, 2.05) is 42.5 Å². The lowest BCUT2D eigenvalue weighted by Crippen LogP contribution is -2.44. The zero-order valence-electron chi connectivity index (χ0n) is 10.6. The predicted octanol–water partition coefficient (Wildman–Crippen LogP) is 0.0121. The second kappa shape index (κ2) is 6.02. The third-order valence-electron chi connectivity index (χ3n) is 3.10. The first kappa shape index (κ1) is 13.8. The van der Waals surface area contributed by atoms with Gasteiger partial charge in [0.2, 0.25) is 0 Å². The molecule has 0 amide bonds. The van der Waals surface area contributed by atoms with E-state index in [-0.39, 0.29) is 6.42 Å². The molecular weight excluding hydrogens is 256 g/mol. The van der Waals surface area contributed by atoms with E-state index in [0.29, 0.717) is 5.56 Å². The van der Waals surface area contributed by atoms with Crippen molar-refractivity contribution < 1.29 is 19.8 Å². The van der Waals surface area contributed by atoms with Gasteiger partial charge in [-0.3, -0.25) is 0 Å². The Morgan fingerprint density at radius 1 is 0.850 bits per heavy atom. The summed E-state index contributed by atoms with van der Waals surface area (Å²) in [4.78, 5) is 21.7. The highest BCUT2D eigenvalue weighted by Crippen LogP contribution is 2.25. The van der Waals surface area contributed by atoms with E-state index in [9.17, 15) is 19.8 Å². The number of carbonyl (C=O) groups is 2. The van der Waals surface area contributed by atoms with Gasteiger partial charge in [0, 0.05) is 5.92 Å². The zero-order chi connectivity index (χ0) is 14.5. The number of aliphatic carboxylic acids is 2. The molecule has 0 saturated heterocycles. The van der Waals surface area contributed by atoms with E-state index < -0.39 is 17.9 Å². The quantitative estimate of drug-likeness (QED) is 0.715. The minimum Gasteiger partial charge on any atom is -0.549 e. The van der Waals surface area contributed by atoms with Crippen LogP contribution in [0.25, 0.3) is 11.1 Å². The van der Waals surface area contributed by atoms with Crippen LogP contribution in [0.3, 0.4) is 0 Å². The molecule has 0 radical (unpaired) electrons. The van der Waals surface area contributed by atoms with Crippen molar-refractivity contribution in [3.05, 3.63) is 60.2 Å². The highest BCUT2D eigenvalue weighted by Gasteiger charge is 2.14. The van der Waals surface area contributed by atoms with E-state index in [0.717, 1.165) is 11.1 Å². The third kappa shape index (κ3) is 3.03. The Bertz CT molecular complexity index is 605. The molecule has 2 rings (SSSR count). The maximum Gasteiger partial charge on any atom is 0.0504 e. The molecule has 2 aromatic rings. The Balaban J connectivity index is 2.38. The Morgan fingerprint density at radius 3 is 2.00 bits per heavy atom. The molecule has 0 heterocycles. The fourth-order valence-electron chi connectivity index (χ4n) is 2.08. The normalized spacial score (nSPS) is 10.4. The molecule has 0 spiro atoms. The second-order valence-electron chi connectivity index (χ2n) is 4.42. The van der Waals surface area contributed by atoms with Crippen molar-refractivity contribution in [3.63, 3.8) is 0 Å². The largest absolute Gasteiger partial charge is 0.549 e. The van der Waals surface area contributed by atoms with Crippen LogP contribution in [0.4, 0.5) is 0 Å². The minimum atomic E-state index is -1.65. The number of carbonyl (C=O) groups excluding carboxylic acids is 2. The highest BCUT2D eigenvalue weighted by atomic mass is 16.4. The molecule has 0 aliphatic rings. The SMILES string of the molecule is O=C([O-])C(Cc1ccccc1-c1ccccc1)C(=O)[O-]. The monoisotopic (exact) mass is 268 g/mol. The van der Waals surface area contributed by atoms with Gasteiger partial charge in [-0.15, -0.1) is 0 Å². The van der Waals surface area contributed by atoms with Crippen LogP contribution < -0.4 is 10.2 Å². The van der Waals surface area contributed by atoms with Gasteiger partial charge in [-0.1, -0.05) is 54.6 Å². The lowest BCUT2D eigenvalue weighted by molar-refractivity contribution is -0.331. The average Bonchev–Trinajstić information content (AvgIpc) is 2.45. The summed E-state index contributed by atoms with van der Waals surface area (Å²) >= 11 is 0. The second-order valence-corrected chi connectivity index (χ2v) is 4.42. The van der Waals surface area contributed by atoms with Crippen LogP contribution in [0, 0.1) is 5.92 Å². The van der Waals surface area contributed by atoms with Crippen LogP contribution in [0.5, 0.6) is 0 Å². The van der Waals surface area contributed by atoms with Gasteiger partial charge < -0.3 is 19.8 Å². The summed E-state index contributed by atoms with van der Waals surface area (Å²) in [6.45, 7) is 0. The van der Waals surface area contributed by atoms with Crippen LogP contribution in [0.15, 0.2) is 54.6 Å². The highest BCUT2D eigenvalue weighted by molar-refractivity contribution is 5.91. The van der Waals surface area contributed by atoms with Gasteiger partial charge >= 0.3 is 0 Å². The van der Waals surface area contributed by atoms with Gasteiger partial charge in [-0.25, -0.2) is 0 Å². The lowest BCUT2D eigenvalue weighted by atomic mass is 9.92. The molecule has 4 nitrogen and oxygen atoms in total. The molecule has 102 valence electrons. The maximum absolute atomic E-state index is 10.9. The van der Waals surface area contributed by atoms with Gasteiger partial charge in [0.25, 0.3) is 0 Å². The number of hydrogen-bond donors (Lipinski definition) is 0. The van der Waals surface area contributed by atoms with Crippen molar-refractivity contribution in [3.8, 4) is 11.1 Å². The van der Waals surface area contributed by atoms with Gasteiger partial charge in [-0.2, -0.15) is 0 Å². The summed E-state index contributed by atoms with van der Waals surface area (Å²) in [6, 6.07) is 16.5. The Labute approximate surface area is 116 Å². The summed E-state index contributed by atoms with van der Waals surface area (Å²) in [7, 11) is 0. The van der Waals surface area contributed by atoms with Gasteiger partial charge in [0.15, 0.2) is 0 Å². The van der Waals surface area contributed by atoms with E-state index in [1.165, 1.54) is 0 Å². The van der Waals surface area contributed by atoms with Crippen LogP contribution in [0.1, 0.15) is 5.56 Å². The van der Waals surface area contributed by atoms with Gasteiger partial charge in [-0.05, 0) is 23.1 Å². The fraction of sp³-hybridized carbons (Fsp3) is 0.125. The Morgan fingerprint density at radius 2 is 1.40 bits per heavy atom. The number of carboxylic acids is 2. The van der Waals surface area contributed by atoms with Crippen LogP contribution in [-0.2, 0) is 16.0 Å². The molecule has 0 atom stereocenters. The summed E-state index contributed by atoms with van der Waals surface area (Å²) in [5, 5.41) is 21.7. The number of carboxylic acid groups (broad SMARTS) is 2. The van der Waals surface area contributed by atoms with Crippen LogP contribution in [-0.4, -0.2) is 11.9 Å². The molecule has 4 heteroatoms. The molecule has 0 aliphatic heterocycles. The van der Waals surface area contributed by atoms with E-state index in [2.05, 4.69) is 0 Å². The van der Waals surface area contributed by atoms with E-state index >= 15 is 0 Å². The van der Waals surface area contributed by atoms with Gasteiger partial charge in [0.05, 0.1) is 11.9 Å². The summed E-state index contributed by atoms with van der Waals surface area (Å²) in [6.07, 6.45) is -0.157. The van der Waals surface area contributed by atoms with Crippen molar-refractivity contribution in [2.24, 2.45) is 5.92 Å². The lowest BCUT2D eigenvalue weighted by Gasteiger charge is -2.20. The van der Waals surface area contributed by atoms with E-state index in [4.69, 9.17) is 0 Å². The first-order valence-corrected chi connectivity index (χ1v) is 6.14. The third-order valence-corrected chi connectivity index (χ3v) is 3.10. The molecule has 0 fully saturated rings. The smallest absolute Gasteiger partial charge is 0.0504 e. The minimum absolute atomic E-state index is 0.157. The molecule has 0 unspecified atom stereocenters. The van der Waals surface area contributed by atoms with Gasteiger partial charge in [0.1, 0.15) is 0 Å². The molecule has 2 aromatic carbocycles. The molecule has 0 saturated carbocycles. The topological polar surface area (TPSA) is 80.3 Å². The molecule has 0 bridgehead atoms. The first-order valence-electron chi connectivity index (χ1n) is 6.14. The summed E-state index contributed by atoms with van der Waals surface area (Å²) in [5.74, 6) is -4.92.